The molecule has 0 spiro atoms. The first kappa shape index (κ1) is 19.3. The quantitative estimate of drug-likeness (QED) is 0.627. The third-order valence-corrected chi connectivity index (χ3v) is 5.45. The monoisotopic (exact) mass is 398 g/mol. The summed E-state index contributed by atoms with van der Waals surface area (Å²) in [6, 6.07) is 8.19. The van der Waals surface area contributed by atoms with Crippen molar-refractivity contribution in [2.75, 3.05) is 37.7 Å². The minimum Gasteiger partial charge on any atom is -0.494 e. The highest BCUT2D eigenvalue weighted by atomic mass is 16.5. The second kappa shape index (κ2) is 7.75. The SMILES string of the molecule is CCOc1ccc(N2CCN(Cn3cnc4c3c(=O)n(C)c(=O)n4C)CC2)cc1. The van der Waals surface area contributed by atoms with Crippen LogP contribution in [0.4, 0.5) is 5.69 Å². The molecular formula is C20H26N6O3. The summed E-state index contributed by atoms with van der Waals surface area (Å²) in [4.78, 5) is 33.6. The maximum Gasteiger partial charge on any atom is 0.332 e. The molecule has 3 aromatic rings. The molecule has 0 unspecified atom stereocenters. The second-order valence-electron chi connectivity index (χ2n) is 7.27. The zero-order valence-electron chi connectivity index (χ0n) is 17.0. The first-order valence-corrected chi connectivity index (χ1v) is 9.80. The minimum absolute atomic E-state index is 0.311. The molecule has 0 radical (unpaired) electrons. The molecule has 0 N–H and O–H groups in total. The Labute approximate surface area is 168 Å². The van der Waals surface area contributed by atoms with Crippen LogP contribution in [0.5, 0.6) is 5.75 Å². The van der Waals surface area contributed by atoms with Crippen LogP contribution in [0.2, 0.25) is 0 Å². The molecule has 1 aromatic carbocycles. The van der Waals surface area contributed by atoms with Gasteiger partial charge >= 0.3 is 5.69 Å². The summed E-state index contributed by atoms with van der Waals surface area (Å²) in [6.45, 7) is 6.76. The highest BCUT2D eigenvalue weighted by Gasteiger charge is 2.20. The predicted octanol–water partition coefficient (Wildman–Crippen LogP) is 0.612. The van der Waals surface area contributed by atoms with Crippen molar-refractivity contribution in [3.63, 3.8) is 0 Å². The van der Waals surface area contributed by atoms with Gasteiger partial charge in [-0.15, -0.1) is 0 Å². The van der Waals surface area contributed by atoms with Gasteiger partial charge in [-0.1, -0.05) is 0 Å². The number of imidazole rings is 1. The molecule has 4 rings (SSSR count). The molecule has 0 aliphatic carbocycles. The van der Waals surface area contributed by atoms with Gasteiger partial charge < -0.3 is 14.2 Å². The lowest BCUT2D eigenvalue weighted by molar-refractivity contribution is 0.208. The van der Waals surface area contributed by atoms with Crippen LogP contribution >= 0.6 is 0 Å². The van der Waals surface area contributed by atoms with Crippen LogP contribution in [0, 0.1) is 0 Å². The zero-order valence-corrected chi connectivity index (χ0v) is 17.0. The number of hydrogen-bond donors (Lipinski definition) is 0. The molecule has 9 nitrogen and oxygen atoms in total. The van der Waals surface area contributed by atoms with Crippen molar-refractivity contribution >= 4 is 16.9 Å². The van der Waals surface area contributed by atoms with Crippen molar-refractivity contribution in [3.8, 4) is 5.75 Å². The molecule has 1 aliphatic heterocycles. The fraction of sp³-hybridized carbons (Fsp3) is 0.450. The third-order valence-electron chi connectivity index (χ3n) is 5.45. The van der Waals surface area contributed by atoms with Crippen LogP contribution < -0.4 is 20.9 Å². The van der Waals surface area contributed by atoms with Gasteiger partial charge in [0.2, 0.25) is 0 Å². The molecule has 3 heterocycles. The molecule has 0 saturated carbocycles. The molecule has 1 aliphatic rings. The van der Waals surface area contributed by atoms with Crippen molar-refractivity contribution in [1.82, 2.24) is 23.6 Å². The fourth-order valence-corrected chi connectivity index (χ4v) is 3.79. The third kappa shape index (κ3) is 3.53. The number of aryl methyl sites for hydroxylation is 1. The normalized spacial score (nSPS) is 15.2. The zero-order chi connectivity index (χ0) is 20.5. The van der Waals surface area contributed by atoms with Crippen LogP contribution in [0.3, 0.4) is 0 Å². The number of piperazine rings is 1. The summed E-state index contributed by atoms with van der Waals surface area (Å²) in [7, 11) is 3.13. The average Bonchev–Trinajstić information content (AvgIpc) is 3.16. The van der Waals surface area contributed by atoms with E-state index in [2.05, 4.69) is 26.9 Å². The van der Waals surface area contributed by atoms with E-state index in [0.29, 0.717) is 24.4 Å². The lowest BCUT2D eigenvalue weighted by atomic mass is 10.2. The van der Waals surface area contributed by atoms with Gasteiger partial charge in [-0.25, -0.2) is 9.78 Å². The highest BCUT2D eigenvalue weighted by Crippen LogP contribution is 2.21. The lowest BCUT2D eigenvalue weighted by Gasteiger charge is -2.36. The molecule has 1 saturated heterocycles. The topological polar surface area (TPSA) is 77.5 Å². The van der Waals surface area contributed by atoms with Crippen LogP contribution in [0.25, 0.3) is 11.2 Å². The molecule has 154 valence electrons. The number of nitrogens with zero attached hydrogens (tertiary/aromatic N) is 6. The molecular weight excluding hydrogens is 372 g/mol. The van der Waals surface area contributed by atoms with E-state index in [1.54, 1.807) is 13.4 Å². The summed E-state index contributed by atoms with van der Waals surface area (Å²) in [5, 5.41) is 0. The Morgan fingerprint density at radius 1 is 1.00 bits per heavy atom. The molecule has 9 heteroatoms. The Hall–Kier alpha value is -3.07. The van der Waals surface area contributed by atoms with Crippen molar-refractivity contribution < 1.29 is 4.74 Å². The van der Waals surface area contributed by atoms with Gasteiger partial charge in [-0.2, -0.15) is 0 Å². The summed E-state index contributed by atoms with van der Waals surface area (Å²) >= 11 is 0. The molecule has 0 amide bonds. The van der Waals surface area contributed by atoms with Crippen LogP contribution in [-0.2, 0) is 20.8 Å². The van der Waals surface area contributed by atoms with Gasteiger partial charge in [0.1, 0.15) is 5.75 Å². The number of ether oxygens (including phenoxy) is 1. The van der Waals surface area contributed by atoms with E-state index in [4.69, 9.17) is 4.74 Å². The van der Waals surface area contributed by atoms with Crippen LogP contribution in [-0.4, -0.2) is 56.4 Å². The first-order chi connectivity index (χ1) is 14.0. The van der Waals surface area contributed by atoms with Crippen LogP contribution in [0.1, 0.15) is 6.92 Å². The van der Waals surface area contributed by atoms with E-state index in [-0.39, 0.29) is 11.2 Å². The molecule has 29 heavy (non-hydrogen) atoms. The summed E-state index contributed by atoms with van der Waals surface area (Å²) in [5.74, 6) is 0.887. The highest BCUT2D eigenvalue weighted by molar-refractivity contribution is 5.69. The van der Waals surface area contributed by atoms with Gasteiger partial charge in [0.05, 0.1) is 19.6 Å². The smallest absolute Gasteiger partial charge is 0.332 e. The summed E-state index contributed by atoms with van der Waals surface area (Å²) in [6.07, 6.45) is 1.64. The van der Waals surface area contributed by atoms with Gasteiger partial charge in [-0.05, 0) is 31.2 Å². The molecule has 0 atom stereocenters. The number of fused-ring (bicyclic) bond motifs is 1. The number of benzene rings is 1. The van der Waals surface area contributed by atoms with Gasteiger partial charge in [0.15, 0.2) is 11.2 Å². The Bertz CT molecular complexity index is 1120. The number of rotatable bonds is 5. The molecule has 2 aromatic heterocycles. The number of anilines is 1. The Morgan fingerprint density at radius 2 is 1.69 bits per heavy atom. The maximum absolute atomic E-state index is 12.6. The first-order valence-electron chi connectivity index (χ1n) is 9.80. The lowest BCUT2D eigenvalue weighted by Crippen LogP contribution is -2.47. The number of hydrogen-bond acceptors (Lipinski definition) is 6. The maximum atomic E-state index is 12.6. The Balaban J connectivity index is 1.46. The van der Waals surface area contributed by atoms with Gasteiger partial charge in [0, 0.05) is 46.0 Å². The van der Waals surface area contributed by atoms with E-state index < -0.39 is 0 Å². The minimum atomic E-state index is -0.364. The largest absolute Gasteiger partial charge is 0.494 e. The average molecular weight is 398 g/mol. The summed E-state index contributed by atoms with van der Waals surface area (Å²) in [5.41, 5.74) is 1.39. The molecule has 1 fully saturated rings. The van der Waals surface area contributed by atoms with E-state index in [1.165, 1.54) is 17.3 Å². The fourth-order valence-electron chi connectivity index (χ4n) is 3.79. The van der Waals surface area contributed by atoms with E-state index in [0.717, 1.165) is 36.5 Å². The number of aromatic nitrogens is 4. The van der Waals surface area contributed by atoms with Crippen molar-refractivity contribution in [2.45, 2.75) is 13.6 Å². The predicted molar refractivity (Wildman–Crippen MR) is 112 cm³/mol. The van der Waals surface area contributed by atoms with Crippen molar-refractivity contribution in [3.05, 3.63) is 51.4 Å². The van der Waals surface area contributed by atoms with E-state index in [9.17, 15) is 9.59 Å². The standard InChI is InChI=1S/C20H26N6O3/c1-4-29-16-7-5-15(6-8-16)25-11-9-24(10-12-25)14-26-13-21-18-17(26)19(27)23(3)20(28)22(18)2/h5-8,13H,4,9-12,14H2,1-3H3. The molecule has 0 bridgehead atoms. The Morgan fingerprint density at radius 3 is 2.34 bits per heavy atom. The van der Waals surface area contributed by atoms with E-state index in [1.807, 2.05) is 23.6 Å². The second-order valence-corrected chi connectivity index (χ2v) is 7.27. The van der Waals surface area contributed by atoms with Crippen LogP contribution in [0.15, 0.2) is 40.2 Å². The van der Waals surface area contributed by atoms with Gasteiger partial charge in [0.25, 0.3) is 5.56 Å². The Kier molecular flexibility index (Phi) is 5.14. The van der Waals surface area contributed by atoms with Crippen molar-refractivity contribution in [2.24, 2.45) is 14.1 Å². The summed E-state index contributed by atoms with van der Waals surface area (Å²) < 4.78 is 9.89. The van der Waals surface area contributed by atoms with Gasteiger partial charge in [-0.3, -0.25) is 18.8 Å². The van der Waals surface area contributed by atoms with Crippen molar-refractivity contribution in [1.29, 1.82) is 0 Å². The van der Waals surface area contributed by atoms with E-state index >= 15 is 0 Å².